The van der Waals surface area contributed by atoms with Crippen molar-refractivity contribution in [2.75, 3.05) is 0 Å². The number of hydrogen-bond donors (Lipinski definition) is 0. The van der Waals surface area contributed by atoms with Crippen molar-refractivity contribution in [3.8, 4) is 0 Å². The number of hydrogen-bond acceptors (Lipinski definition) is 1. The van der Waals surface area contributed by atoms with Gasteiger partial charge in [-0.25, -0.2) is 8.78 Å². The van der Waals surface area contributed by atoms with Gasteiger partial charge in [0.25, 0.3) is 0 Å². The summed E-state index contributed by atoms with van der Waals surface area (Å²) in [6.45, 7) is 0. The van der Waals surface area contributed by atoms with Crippen LogP contribution in [-0.2, 0) is 12.8 Å². The summed E-state index contributed by atoms with van der Waals surface area (Å²) in [7, 11) is 0. The minimum Gasteiger partial charge on any atom is -0.204 e. The highest BCUT2D eigenvalue weighted by atomic mass is 35.5. The summed E-state index contributed by atoms with van der Waals surface area (Å²) in [5.41, 5.74) is 1.97. The number of aryl methyl sites for hydroxylation is 2. The van der Waals surface area contributed by atoms with Crippen LogP contribution in [0.1, 0.15) is 32.7 Å². The Balaban J connectivity index is 1.93. The van der Waals surface area contributed by atoms with Gasteiger partial charge < -0.3 is 0 Å². The summed E-state index contributed by atoms with van der Waals surface area (Å²) in [5, 5.41) is -0.393. The standard InChI is InChI=1S/C14H11ClF2S/c15-14(9-4-5-10(16)11(17)6-9)13-7-8-2-1-3-12(8)18-13/h4-7,14H,1-3H2. The molecule has 0 saturated carbocycles. The molecule has 2 aromatic rings. The maximum atomic E-state index is 13.2. The van der Waals surface area contributed by atoms with Crippen molar-refractivity contribution in [3.05, 3.63) is 56.8 Å². The van der Waals surface area contributed by atoms with E-state index in [4.69, 9.17) is 11.6 Å². The van der Waals surface area contributed by atoms with Gasteiger partial charge in [-0.1, -0.05) is 6.07 Å². The molecule has 1 aliphatic rings. The first-order valence-corrected chi connectivity index (χ1v) is 7.11. The van der Waals surface area contributed by atoms with E-state index in [1.54, 1.807) is 17.4 Å². The Morgan fingerprint density at radius 1 is 1.11 bits per heavy atom. The molecule has 0 fully saturated rings. The van der Waals surface area contributed by atoms with Crippen molar-refractivity contribution in [1.29, 1.82) is 0 Å². The number of alkyl halides is 1. The van der Waals surface area contributed by atoms with Gasteiger partial charge >= 0.3 is 0 Å². The molecule has 1 unspecified atom stereocenters. The zero-order chi connectivity index (χ0) is 12.7. The molecular weight excluding hydrogens is 274 g/mol. The maximum Gasteiger partial charge on any atom is 0.159 e. The van der Waals surface area contributed by atoms with E-state index in [0.717, 1.165) is 23.8 Å². The van der Waals surface area contributed by atoms with E-state index in [0.29, 0.717) is 5.56 Å². The Morgan fingerprint density at radius 3 is 2.67 bits per heavy atom. The fourth-order valence-electron chi connectivity index (χ4n) is 2.31. The van der Waals surface area contributed by atoms with E-state index in [-0.39, 0.29) is 0 Å². The number of halogens is 3. The Bertz CT molecular complexity index is 570. The van der Waals surface area contributed by atoms with Crippen LogP contribution < -0.4 is 0 Å². The van der Waals surface area contributed by atoms with Crippen LogP contribution in [0.4, 0.5) is 8.78 Å². The highest BCUT2D eigenvalue weighted by molar-refractivity contribution is 7.12. The summed E-state index contributed by atoms with van der Waals surface area (Å²) in [6, 6.07) is 5.95. The van der Waals surface area contributed by atoms with Crippen LogP contribution in [0.25, 0.3) is 0 Å². The van der Waals surface area contributed by atoms with Crippen molar-refractivity contribution < 1.29 is 8.78 Å². The summed E-state index contributed by atoms with van der Waals surface area (Å²) < 4.78 is 26.1. The van der Waals surface area contributed by atoms with Gasteiger partial charge in [-0.2, -0.15) is 0 Å². The van der Waals surface area contributed by atoms with Crippen molar-refractivity contribution in [1.82, 2.24) is 0 Å². The molecule has 0 spiro atoms. The molecule has 1 atom stereocenters. The number of rotatable bonds is 2. The molecule has 0 N–H and O–H groups in total. The minimum atomic E-state index is -0.845. The Kier molecular flexibility index (Phi) is 3.12. The van der Waals surface area contributed by atoms with E-state index >= 15 is 0 Å². The third kappa shape index (κ3) is 2.06. The smallest absolute Gasteiger partial charge is 0.159 e. The number of benzene rings is 1. The third-order valence-corrected chi connectivity index (χ3v) is 5.17. The Labute approximate surface area is 113 Å². The monoisotopic (exact) mass is 284 g/mol. The lowest BCUT2D eigenvalue weighted by Crippen LogP contribution is -1.93. The van der Waals surface area contributed by atoms with Gasteiger partial charge in [0.05, 0.1) is 5.38 Å². The fourth-order valence-corrected chi connectivity index (χ4v) is 3.91. The molecule has 94 valence electrons. The van der Waals surface area contributed by atoms with E-state index < -0.39 is 17.0 Å². The molecule has 1 aliphatic carbocycles. The lowest BCUT2D eigenvalue weighted by molar-refractivity contribution is 0.507. The molecule has 0 saturated heterocycles. The number of thiophene rings is 1. The molecule has 1 heterocycles. The van der Waals surface area contributed by atoms with E-state index in [1.165, 1.54) is 22.9 Å². The van der Waals surface area contributed by atoms with E-state index in [9.17, 15) is 8.78 Å². The third-order valence-electron chi connectivity index (χ3n) is 3.25. The number of fused-ring (bicyclic) bond motifs is 1. The van der Waals surface area contributed by atoms with Crippen LogP contribution in [0.5, 0.6) is 0 Å². The molecule has 0 aliphatic heterocycles. The van der Waals surface area contributed by atoms with Crippen LogP contribution >= 0.6 is 22.9 Å². The van der Waals surface area contributed by atoms with Crippen LogP contribution in [0.3, 0.4) is 0 Å². The maximum absolute atomic E-state index is 13.2. The van der Waals surface area contributed by atoms with Crippen molar-refractivity contribution in [2.24, 2.45) is 0 Å². The predicted molar refractivity (Wildman–Crippen MR) is 70.4 cm³/mol. The van der Waals surface area contributed by atoms with Gasteiger partial charge in [-0.05, 0) is 48.6 Å². The van der Waals surface area contributed by atoms with Gasteiger partial charge in [-0.3, -0.25) is 0 Å². The zero-order valence-electron chi connectivity index (χ0n) is 9.55. The molecule has 4 heteroatoms. The summed E-state index contributed by atoms with van der Waals surface area (Å²) in [4.78, 5) is 2.41. The Hall–Kier alpha value is -0.930. The predicted octanol–water partition coefficient (Wildman–Crippen LogP) is 4.84. The normalized spacial score (nSPS) is 15.7. The molecule has 0 nitrogen and oxygen atoms in total. The SMILES string of the molecule is Fc1ccc(C(Cl)c2cc3c(s2)CCC3)cc1F. The lowest BCUT2D eigenvalue weighted by Gasteiger charge is -2.08. The van der Waals surface area contributed by atoms with Crippen molar-refractivity contribution in [3.63, 3.8) is 0 Å². The first kappa shape index (κ1) is 12.1. The van der Waals surface area contributed by atoms with Crippen LogP contribution in [0.15, 0.2) is 24.3 Å². The zero-order valence-corrected chi connectivity index (χ0v) is 11.1. The fraction of sp³-hybridized carbons (Fsp3) is 0.286. The highest BCUT2D eigenvalue weighted by Crippen LogP contribution is 2.39. The van der Waals surface area contributed by atoms with Crippen LogP contribution in [-0.4, -0.2) is 0 Å². The molecule has 0 radical (unpaired) electrons. The first-order chi connectivity index (χ1) is 8.65. The molecular formula is C14H11ClF2S. The molecule has 1 aromatic carbocycles. The van der Waals surface area contributed by atoms with Gasteiger partial charge in [0, 0.05) is 9.75 Å². The summed E-state index contributed by atoms with van der Waals surface area (Å²) in [5.74, 6) is -1.68. The second-order valence-electron chi connectivity index (χ2n) is 4.49. The van der Waals surface area contributed by atoms with E-state index in [2.05, 4.69) is 6.07 Å². The van der Waals surface area contributed by atoms with Gasteiger partial charge in [0.2, 0.25) is 0 Å². The van der Waals surface area contributed by atoms with Gasteiger partial charge in [-0.15, -0.1) is 22.9 Å². The topological polar surface area (TPSA) is 0 Å². The molecule has 3 rings (SSSR count). The average Bonchev–Trinajstić information content (AvgIpc) is 2.92. The molecule has 0 amide bonds. The second kappa shape index (κ2) is 4.63. The largest absolute Gasteiger partial charge is 0.204 e. The van der Waals surface area contributed by atoms with Gasteiger partial charge in [0.15, 0.2) is 11.6 Å². The lowest BCUT2D eigenvalue weighted by atomic mass is 10.1. The molecule has 1 aromatic heterocycles. The van der Waals surface area contributed by atoms with Crippen LogP contribution in [0, 0.1) is 11.6 Å². The Morgan fingerprint density at radius 2 is 1.94 bits per heavy atom. The summed E-state index contributed by atoms with van der Waals surface area (Å²) in [6.07, 6.45) is 3.42. The van der Waals surface area contributed by atoms with Gasteiger partial charge in [0.1, 0.15) is 0 Å². The molecule has 18 heavy (non-hydrogen) atoms. The average molecular weight is 285 g/mol. The molecule has 0 bridgehead atoms. The van der Waals surface area contributed by atoms with Crippen molar-refractivity contribution >= 4 is 22.9 Å². The minimum absolute atomic E-state index is 0.393. The van der Waals surface area contributed by atoms with Crippen LogP contribution in [0.2, 0.25) is 0 Å². The first-order valence-electron chi connectivity index (χ1n) is 5.85. The second-order valence-corrected chi connectivity index (χ2v) is 6.09. The quantitative estimate of drug-likeness (QED) is 0.692. The highest BCUT2D eigenvalue weighted by Gasteiger charge is 2.20. The summed E-state index contributed by atoms with van der Waals surface area (Å²) >= 11 is 8.03. The van der Waals surface area contributed by atoms with Crippen molar-refractivity contribution in [2.45, 2.75) is 24.6 Å². The van der Waals surface area contributed by atoms with E-state index in [1.807, 2.05) is 0 Å².